The van der Waals surface area contributed by atoms with Gasteiger partial charge < -0.3 is 11.1 Å². The molecule has 0 saturated heterocycles. The second-order valence-corrected chi connectivity index (χ2v) is 3.42. The van der Waals surface area contributed by atoms with Crippen LogP contribution >= 0.6 is 12.2 Å². The lowest BCUT2D eigenvalue weighted by Crippen LogP contribution is -2.29. The van der Waals surface area contributed by atoms with Crippen LogP contribution in [-0.4, -0.2) is 17.9 Å². The van der Waals surface area contributed by atoms with Gasteiger partial charge in [-0.05, 0) is 36.8 Å². The lowest BCUT2D eigenvalue weighted by atomic mass is 10.1. The number of rotatable bonds is 2. The molecule has 0 aliphatic carbocycles. The molecule has 0 aromatic heterocycles. The number of nitrogen functional groups attached to an aromatic ring is 1. The standard InChI is InChI=1S/C10H14N4S/c1-7(13-14-10(15)12-2)8-3-5-9(11)6-4-8/h3-6H,11H2,1-2H3,(H2,12,14,15)/b13-7-. The smallest absolute Gasteiger partial charge is 0.186 e. The quantitative estimate of drug-likeness (QED) is 0.303. The first-order chi connectivity index (χ1) is 7.13. The normalized spacial score (nSPS) is 10.9. The SMILES string of the molecule is CNC(=S)N/N=C(/C)c1ccc(N)cc1. The molecule has 1 aromatic carbocycles. The maximum absolute atomic E-state index is 5.58. The monoisotopic (exact) mass is 222 g/mol. The number of hydrazone groups is 1. The number of nitrogens with zero attached hydrogens (tertiary/aromatic N) is 1. The van der Waals surface area contributed by atoms with Crippen molar-refractivity contribution < 1.29 is 0 Å². The van der Waals surface area contributed by atoms with Crippen LogP contribution in [0.1, 0.15) is 12.5 Å². The molecule has 0 spiro atoms. The van der Waals surface area contributed by atoms with Gasteiger partial charge in [-0.2, -0.15) is 5.10 Å². The molecule has 0 aliphatic heterocycles. The predicted octanol–water partition coefficient (Wildman–Crippen LogP) is 1.09. The first kappa shape index (κ1) is 11.5. The number of nitrogens with two attached hydrogens (primary N) is 1. The average Bonchev–Trinajstić information content (AvgIpc) is 2.26. The summed E-state index contributed by atoms with van der Waals surface area (Å²) in [4.78, 5) is 0. The zero-order valence-electron chi connectivity index (χ0n) is 8.74. The highest BCUT2D eigenvalue weighted by Gasteiger charge is 1.96. The first-order valence-corrected chi connectivity index (χ1v) is 4.92. The number of nitrogens with one attached hydrogen (secondary N) is 2. The number of thiocarbonyl (C=S) groups is 1. The Morgan fingerprint density at radius 3 is 2.47 bits per heavy atom. The second-order valence-electron chi connectivity index (χ2n) is 3.01. The third kappa shape index (κ3) is 3.55. The third-order valence-electron chi connectivity index (χ3n) is 1.88. The van der Waals surface area contributed by atoms with Crippen molar-refractivity contribution in [3.05, 3.63) is 29.8 Å². The number of hydrogen-bond donors (Lipinski definition) is 3. The van der Waals surface area contributed by atoms with Crippen LogP contribution in [0.4, 0.5) is 5.69 Å². The van der Waals surface area contributed by atoms with Gasteiger partial charge in [0.05, 0.1) is 5.71 Å². The molecule has 1 rings (SSSR count). The predicted molar refractivity (Wildman–Crippen MR) is 67.9 cm³/mol. The molecule has 1 aromatic rings. The van der Waals surface area contributed by atoms with Gasteiger partial charge in [-0.1, -0.05) is 12.1 Å². The van der Waals surface area contributed by atoms with Gasteiger partial charge in [0.1, 0.15) is 0 Å². The zero-order valence-corrected chi connectivity index (χ0v) is 9.56. The Bertz CT molecular complexity index is 370. The van der Waals surface area contributed by atoms with Gasteiger partial charge in [0.2, 0.25) is 0 Å². The fourth-order valence-corrected chi connectivity index (χ4v) is 1.03. The molecule has 0 bridgehead atoms. The van der Waals surface area contributed by atoms with Crippen molar-refractivity contribution in [3.63, 3.8) is 0 Å². The first-order valence-electron chi connectivity index (χ1n) is 4.51. The molecule has 0 fully saturated rings. The summed E-state index contributed by atoms with van der Waals surface area (Å²) in [7, 11) is 1.74. The van der Waals surface area contributed by atoms with Crippen LogP contribution in [0.5, 0.6) is 0 Å². The van der Waals surface area contributed by atoms with Gasteiger partial charge in [-0.15, -0.1) is 0 Å². The van der Waals surface area contributed by atoms with Gasteiger partial charge in [-0.3, -0.25) is 5.43 Å². The van der Waals surface area contributed by atoms with Gasteiger partial charge in [0.25, 0.3) is 0 Å². The molecule has 4 nitrogen and oxygen atoms in total. The van der Waals surface area contributed by atoms with Crippen LogP contribution in [0.3, 0.4) is 0 Å². The lowest BCUT2D eigenvalue weighted by molar-refractivity contribution is 0.974. The summed E-state index contributed by atoms with van der Waals surface area (Å²) < 4.78 is 0. The van der Waals surface area contributed by atoms with Crippen molar-refractivity contribution in [2.45, 2.75) is 6.92 Å². The molecule has 0 saturated carbocycles. The molecular weight excluding hydrogens is 208 g/mol. The van der Waals surface area contributed by atoms with E-state index in [-0.39, 0.29) is 0 Å². The van der Waals surface area contributed by atoms with E-state index in [2.05, 4.69) is 15.8 Å². The summed E-state index contributed by atoms with van der Waals surface area (Å²) >= 11 is 4.90. The van der Waals surface area contributed by atoms with Crippen LogP contribution in [0.15, 0.2) is 29.4 Å². The van der Waals surface area contributed by atoms with Gasteiger partial charge in [0, 0.05) is 12.7 Å². The summed E-state index contributed by atoms with van der Waals surface area (Å²) in [5.74, 6) is 0. The molecule has 4 N–H and O–H groups in total. The molecule has 0 unspecified atom stereocenters. The van der Waals surface area contributed by atoms with E-state index in [1.165, 1.54) is 0 Å². The summed E-state index contributed by atoms with van der Waals surface area (Å²) in [6.07, 6.45) is 0. The summed E-state index contributed by atoms with van der Waals surface area (Å²) in [6.45, 7) is 1.90. The molecule has 0 aliphatic rings. The largest absolute Gasteiger partial charge is 0.399 e. The molecule has 0 radical (unpaired) electrons. The van der Waals surface area contributed by atoms with Crippen molar-refractivity contribution in [3.8, 4) is 0 Å². The number of benzene rings is 1. The topological polar surface area (TPSA) is 62.4 Å². The Morgan fingerprint density at radius 2 is 1.93 bits per heavy atom. The highest BCUT2D eigenvalue weighted by Crippen LogP contribution is 2.06. The molecular formula is C10H14N4S. The van der Waals surface area contributed by atoms with Crippen LogP contribution in [0, 0.1) is 0 Å². The Kier molecular flexibility index (Phi) is 4.05. The van der Waals surface area contributed by atoms with E-state index < -0.39 is 0 Å². The van der Waals surface area contributed by atoms with Crippen molar-refractivity contribution in [2.24, 2.45) is 5.10 Å². The van der Waals surface area contributed by atoms with Crippen LogP contribution in [-0.2, 0) is 0 Å². The Balaban J connectivity index is 2.71. The van der Waals surface area contributed by atoms with Crippen molar-refractivity contribution in [1.82, 2.24) is 10.7 Å². The van der Waals surface area contributed by atoms with Gasteiger partial charge in [-0.25, -0.2) is 0 Å². The van der Waals surface area contributed by atoms with Gasteiger partial charge in [0.15, 0.2) is 5.11 Å². The summed E-state index contributed by atoms with van der Waals surface area (Å²) in [5.41, 5.74) is 10.9. The van der Waals surface area contributed by atoms with E-state index >= 15 is 0 Å². The van der Waals surface area contributed by atoms with Crippen molar-refractivity contribution >= 4 is 28.7 Å². The molecule has 5 heteroatoms. The van der Waals surface area contributed by atoms with Crippen LogP contribution in [0.2, 0.25) is 0 Å². The molecule has 0 heterocycles. The minimum atomic E-state index is 0.491. The highest BCUT2D eigenvalue weighted by molar-refractivity contribution is 7.80. The van der Waals surface area contributed by atoms with Gasteiger partial charge >= 0.3 is 0 Å². The Labute approximate surface area is 94.6 Å². The summed E-state index contributed by atoms with van der Waals surface area (Å²) in [5, 5.41) is 7.38. The van der Waals surface area contributed by atoms with Crippen molar-refractivity contribution in [2.75, 3.05) is 12.8 Å². The van der Waals surface area contributed by atoms with E-state index in [4.69, 9.17) is 18.0 Å². The van der Waals surface area contributed by atoms with E-state index in [0.717, 1.165) is 17.0 Å². The fourth-order valence-electron chi connectivity index (χ4n) is 0.979. The minimum Gasteiger partial charge on any atom is -0.399 e. The Morgan fingerprint density at radius 1 is 1.33 bits per heavy atom. The van der Waals surface area contributed by atoms with E-state index in [1.54, 1.807) is 7.05 Å². The van der Waals surface area contributed by atoms with E-state index in [1.807, 2.05) is 31.2 Å². The molecule has 0 amide bonds. The lowest BCUT2D eigenvalue weighted by Gasteiger charge is -2.04. The maximum Gasteiger partial charge on any atom is 0.186 e. The van der Waals surface area contributed by atoms with E-state index in [0.29, 0.717) is 5.11 Å². The van der Waals surface area contributed by atoms with Crippen LogP contribution in [0.25, 0.3) is 0 Å². The average molecular weight is 222 g/mol. The fraction of sp³-hybridized carbons (Fsp3) is 0.200. The maximum atomic E-state index is 5.58. The minimum absolute atomic E-state index is 0.491. The molecule has 80 valence electrons. The number of anilines is 1. The van der Waals surface area contributed by atoms with Crippen molar-refractivity contribution in [1.29, 1.82) is 0 Å². The van der Waals surface area contributed by atoms with Crippen LogP contribution < -0.4 is 16.5 Å². The van der Waals surface area contributed by atoms with E-state index in [9.17, 15) is 0 Å². The zero-order chi connectivity index (χ0) is 11.3. The summed E-state index contributed by atoms with van der Waals surface area (Å²) in [6, 6.07) is 7.51. The molecule has 15 heavy (non-hydrogen) atoms. The Hall–Kier alpha value is -1.62. The number of hydrogen-bond acceptors (Lipinski definition) is 3. The second kappa shape index (κ2) is 5.31. The third-order valence-corrected chi connectivity index (χ3v) is 2.18. The highest BCUT2D eigenvalue weighted by atomic mass is 32.1. The molecule has 0 atom stereocenters.